The SMILES string of the molecule is [C-]#[N+]c1ccc2c(n1)c(N1CC[C@@H](Oc3ccc(OC(F)(F)F)cc3)[C@H](C)C1)cc(=O)n2C. The van der Waals surface area contributed by atoms with Crippen LogP contribution in [0.1, 0.15) is 13.3 Å². The van der Waals surface area contributed by atoms with E-state index in [2.05, 4.69) is 19.5 Å². The predicted octanol–water partition coefficient (Wildman–Crippen LogP) is 4.68. The number of fused-ring (bicyclic) bond motifs is 1. The fourth-order valence-electron chi connectivity index (χ4n) is 4.02. The first-order valence-corrected chi connectivity index (χ1v) is 10.3. The Morgan fingerprint density at radius 2 is 1.85 bits per heavy atom. The van der Waals surface area contributed by atoms with Crippen LogP contribution < -0.4 is 19.9 Å². The molecule has 0 saturated carbocycles. The molecule has 0 amide bonds. The van der Waals surface area contributed by atoms with Gasteiger partial charge in [-0.25, -0.2) is 0 Å². The minimum atomic E-state index is -4.74. The topological polar surface area (TPSA) is 61.0 Å². The Morgan fingerprint density at radius 1 is 1.15 bits per heavy atom. The lowest BCUT2D eigenvalue weighted by Crippen LogP contribution is -2.45. The third kappa shape index (κ3) is 4.87. The van der Waals surface area contributed by atoms with Crippen LogP contribution in [0.15, 0.2) is 47.3 Å². The number of hydrogen-bond acceptors (Lipinski definition) is 5. The van der Waals surface area contributed by atoms with Gasteiger partial charge in [0.2, 0.25) is 5.52 Å². The maximum absolute atomic E-state index is 12.5. The van der Waals surface area contributed by atoms with Crippen molar-refractivity contribution in [3.05, 3.63) is 64.2 Å². The molecule has 172 valence electrons. The third-order valence-corrected chi connectivity index (χ3v) is 5.68. The lowest BCUT2D eigenvalue weighted by atomic mass is 9.95. The van der Waals surface area contributed by atoms with E-state index in [-0.39, 0.29) is 29.1 Å². The second-order valence-corrected chi connectivity index (χ2v) is 7.96. The molecule has 1 aliphatic heterocycles. The minimum absolute atomic E-state index is 0.0630. The van der Waals surface area contributed by atoms with E-state index in [0.717, 1.165) is 0 Å². The van der Waals surface area contributed by atoms with Gasteiger partial charge in [-0.3, -0.25) is 4.79 Å². The molecule has 1 aromatic carbocycles. The van der Waals surface area contributed by atoms with E-state index in [1.807, 2.05) is 6.92 Å². The quantitative estimate of drug-likeness (QED) is 0.532. The molecule has 2 aromatic heterocycles. The Morgan fingerprint density at radius 3 is 2.48 bits per heavy atom. The number of aryl methyl sites for hydroxylation is 1. The number of hydrogen-bond donors (Lipinski definition) is 0. The van der Waals surface area contributed by atoms with Gasteiger partial charge in [0.1, 0.15) is 17.6 Å². The first-order valence-electron chi connectivity index (χ1n) is 10.3. The summed E-state index contributed by atoms with van der Waals surface area (Å²) in [5, 5.41) is 0. The molecule has 0 spiro atoms. The number of piperidine rings is 1. The molecule has 1 saturated heterocycles. The summed E-state index contributed by atoms with van der Waals surface area (Å²) in [4.78, 5) is 22.4. The number of benzene rings is 1. The van der Waals surface area contributed by atoms with Gasteiger partial charge in [0.05, 0.1) is 11.2 Å². The highest BCUT2D eigenvalue weighted by atomic mass is 19.4. The van der Waals surface area contributed by atoms with Crippen molar-refractivity contribution >= 4 is 22.5 Å². The van der Waals surface area contributed by atoms with E-state index in [0.29, 0.717) is 42.0 Å². The molecular weight excluding hydrogens is 437 g/mol. The Balaban J connectivity index is 1.51. The van der Waals surface area contributed by atoms with Crippen LogP contribution in [0.25, 0.3) is 15.9 Å². The summed E-state index contributed by atoms with van der Waals surface area (Å²) >= 11 is 0. The van der Waals surface area contributed by atoms with E-state index >= 15 is 0 Å². The van der Waals surface area contributed by atoms with Crippen LogP contribution in [-0.4, -0.2) is 35.1 Å². The molecule has 7 nitrogen and oxygen atoms in total. The number of anilines is 1. The maximum Gasteiger partial charge on any atom is 0.573 e. The van der Waals surface area contributed by atoms with E-state index in [1.54, 1.807) is 19.2 Å². The summed E-state index contributed by atoms with van der Waals surface area (Å²) in [6.07, 6.45) is -4.25. The average Bonchev–Trinajstić information content (AvgIpc) is 2.77. The van der Waals surface area contributed by atoms with Gasteiger partial charge in [0.25, 0.3) is 11.4 Å². The molecule has 3 heterocycles. The van der Waals surface area contributed by atoms with Crippen LogP contribution in [0.2, 0.25) is 0 Å². The van der Waals surface area contributed by atoms with Crippen molar-refractivity contribution in [3.8, 4) is 11.5 Å². The first kappa shape index (κ1) is 22.5. The predicted molar refractivity (Wildman–Crippen MR) is 117 cm³/mol. The third-order valence-electron chi connectivity index (χ3n) is 5.68. The van der Waals surface area contributed by atoms with Crippen LogP contribution in [0.5, 0.6) is 11.5 Å². The van der Waals surface area contributed by atoms with Gasteiger partial charge in [-0.05, 0) is 36.4 Å². The Bertz CT molecular complexity index is 1270. The lowest BCUT2D eigenvalue weighted by Gasteiger charge is -2.38. The second kappa shape index (κ2) is 8.65. The Labute approximate surface area is 187 Å². The Kier molecular flexibility index (Phi) is 5.89. The zero-order valence-corrected chi connectivity index (χ0v) is 18.0. The monoisotopic (exact) mass is 458 g/mol. The number of alkyl halides is 3. The summed E-state index contributed by atoms with van der Waals surface area (Å²) < 4.78 is 48.4. The summed E-state index contributed by atoms with van der Waals surface area (Å²) in [5.74, 6) is 0.471. The zero-order valence-electron chi connectivity index (χ0n) is 18.0. The number of rotatable bonds is 4. The van der Waals surface area contributed by atoms with Gasteiger partial charge in [-0.15, -0.1) is 18.2 Å². The number of ether oxygens (including phenoxy) is 2. The molecule has 10 heteroatoms. The smallest absolute Gasteiger partial charge is 0.490 e. The highest BCUT2D eigenvalue weighted by molar-refractivity contribution is 5.89. The summed E-state index contributed by atoms with van der Waals surface area (Å²) in [7, 11) is 1.67. The van der Waals surface area contributed by atoms with E-state index in [9.17, 15) is 18.0 Å². The van der Waals surface area contributed by atoms with Gasteiger partial charge in [0, 0.05) is 38.5 Å². The largest absolute Gasteiger partial charge is 0.573 e. The lowest BCUT2D eigenvalue weighted by molar-refractivity contribution is -0.274. The molecule has 0 aliphatic carbocycles. The van der Waals surface area contributed by atoms with Crippen LogP contribution in [0.4, 0.5) is 24.7 Å². The van der Waals surface area contributed by atoms with Gasteiger partial charge in [0.15, 0.2) is 0 Å². The van der Waals surface area contributed by atoms with Gasteiger partial charge < -0.3 is 23.8 Å². The molecule has 0 radical (unpaired) electrons. The van der Waals surface area contributed by atoms with Crippen LogP contribution in [-0.2, 0) is 7.05 Å². The summed E-state index contributed by atoms with van der Waals surface area (Å²) in [5.41, 5.74) is 1.76. The summed E-state index contributed by atoms with van der Waals surface area (Å²) in [6, 6.07) is 10.2. The fraction of sp³-hybridized carbons (Fsp3) is 0.348. The molecule has 0 bridgehead atoms. The zero-order chi connectivity index (χ0) is 23.8. The molecule has 2 atom stereocenters. The van der Waals surface area contributed by atoms with Crippen molar-refractivity contribution in [1.82, 2.24) is 9.55 Å². The molecule has 4 rings (SSSR count). The molecule has 3 aromatic rings. The van der Waals surface area contributed by atoms with E-state index in [4.69, 9.17) is 11.3 Å². The normalized spacial score (nSPS) is 18.7. The minimum Gasteiger partial charge on any atom is -0.490 e. The average molecular weight is 458 g/mol. The van der Waals surface area contributed by atoms with Crippen LogP contribution in [0, 0.1) is 12.5 Å². The Hall–Kier alpha value is -3.74. The number of halogens is 3. The number of pyridine rings is 2. The maximum atomic E-state index is 12.5. The van der Waals surface area contributed by atoms with E-state index < -0.39 is 6.36 Å². The summed E-state index contributed by atoms with van der Waals surface area (Å²) in [6.45, 7) is 10.4. The fourth-order valence-corrected chi connectivity index (χ4v) is 4.02. The van der Waals surface area contributed by atoms with Crippen molar-refractivity contribution in [1.29, 1.82) is 0 Å². The van der Waals surface area contributed by atoms with Crippen molar-refractivity contribution < 1.29 is 22.6 Å². The molecule has 0 N–H and O–H groups in total. The molecular formula is C23H21F3N4O3. The van der Waals surface area contributed by atoms with Gasteiger partial charge >= 0.3 is 6.36 Å². The molecule has 1 fully saturated rings. The number of nitrogens with zero attached hydrogens (tertiary/aromatic N) is 4. The second-order valence-electron chi connectivity index (χ2n) is 7.96. The highest BCUT2D eigenvalue weighted by Gasteiger charge is 2.32. The molecule has 33 heavy (non-hydrogen) atoms. The first-order chi connectivity index (χ1) is 15.6. The number of aromatic nitrogens is 2. The van der Waals surface area contributed by atoms with Gasteiger partial charge in [-0.2, -0.15) is 0 Å². The van der Waals surface area contributed by atoms with Crippen molar-refractivity contribution in [2.75, 3.05) is 18.0 Å². The van der Waals surface area contributed by atoms with Crippen LogP contribution >= 0.6 is 0 Å². The van der Waals surface area contributed by atoms with Gasteiger partial charge in [-0.1, -0.05) is 13.5 Å². The molecule has 0 unspecified atom stereocenters. The van der Waals surface area contributed by atoms with Crippen molar-refractivity contribution in [2.24, 2.45) is 13.0 Å². The molecule has 1 aliphatic rings. The van der Waals surface area contributed by atoms with Crippen LogP contribution in [0.3, 0.4) is 0 Å². The standard InChI is InChI=1S/C23H21F3N4O3/c1-14-13-30(18-12-21(31)29(3)17-8-9-20(27-2)28-22(17)18)11-10-19(14)32-15-4-6-16(7-5-15)33-23(24,25)26/h4-9,12,14,19H,10-11,13H2,1,3H3/t14-,19-/m1/s1. The highest BCUT2D eigenvalue weighted by Crippen LogP contribution is 2.32. The van der Waals surface area contributed by atoms with Crippen molar-refractivity contribution in [3.63, 3.8) is 0 Å². The van der Waals surface area contributed by atoms with Crippen molar-refractivity contribution in [2.45, 2.75) is 25.8 Å². The van der Waals surface area contributed by atoms with E-state index in [1.165, 1.54) is 34.9 Å².